The monoisotopic (exact) mass is 698 g/mol. The molecule has 1 saturated heterocycles. The van der Waals surface area contributed by atoms with E-state index in [1.54, 1.807) is 14.0 Å². The standard InChI is InChI=1S/C37H50N2O11/c1-21(14-15-30-23(3)19-31(45-10)25(5)24(30)4)12-11-13-22(2)18-33(44)38-16-17-46-37-34(39-26(6)40)36(49-29(9)43)35(48-28(8)42)32(50-37)20-47-27(7)41/h11-15,18-19,32,34-37H,16-17,20H2,1-10H3,(H,38,44)(H,39,40)/t32-,34+,35-,36-,37+/m1/s1. The van der Waals surface area contributed by atoms with Gasteiger partial charge in [0, 0.05) is 40.3 Å². The molecule has 5 atom stereocenters. The number of allylic oxidation sites excluding steroid dienone is 6. The number of aryl methyl sites for hydroxylation is 1. The molecule has 2 amide bonds. The lowest BCUT2D eigenvalue weighted by Gasteiger charge is -2.44. The van der Waals surface area contributed by atoms with Crippen LogP contribution in [0.5, 0.6) is 5.75 Å². The zero-order valence-electron chi connectivity index (χ0n) is 30.5. The van der Waals surface area contributed by atoms with Crippen molar-refractivity contribution in [3.05, 3.63) is 69.8 Å². The summed E-state index contributed by atoms with van der Waals surface area (Å²) in [5.41, 5.74) is 6.28. The van der Waals surface area contributed by atoms with Crippen molar-refractivity contribution in [1.29, 1.82) is 0 Å². The summed E-state index contributed by atoms with van der Waals surface area (Å²) in [5, 5.41) is 5.35. The van der Waals surface area contributed by atoms with E-state index in [2.05, 4.69) is 30.6 Å². The Labute approximate surface area is 294 Å². The first-order valence-corrected chi connectivity index (χ1v) is 16.2. The lowest BCUT2D eigenvalue weighted by atomic mass is 9.96. The summed E-state index contributed by atoms with van der Waals surface area (Å²) in [5.74, 6) is -2.02. The summed E-state index contributed by atoms with van der Waals surface area (Å²) in [6, 6.07) is 0.933. The van der Waals surface area contributed by atoms with Gasteiger partial charge in [-0.1, -0.05) is 36.0 Å². The second kappa shape index (κ2) is 20.1. The van der Waals surface area contributed by atoms with E-state index >= 15 is 0 Å². The third-order valence-electron chi connectivity index (χ3n) is 7.67. The highest BCUT2D eigenvalue weighted by atomic mass is 16.7. The van der Waals surface area contributed by atoms with Gasteiger partial charge >= 0.3 is 17.9 Å². The van der Waals surface area contributed by atoms with Crippen LogP contribution in [0.2, 0.25) is 0 Å². The molecule has 0 unspecified atom stereocenters. The molecule has 0 aromatic heterocycles. The molecular formula is C37H50N2O11. The molecule has 1 fully saturated rings. The Morgan fingerprint density at radius 1 is 0.860 bits per heavy atom. The van der Waals surface area contributed by atoms with E-state index in [0.717, 1.165) is 47.4 Å². The number of amides is 2. The van der Waals surface area contributed by atoms with Gasteiger partial charge in [-0.3, -0.25) is 24.0 Å². The highest BCUT2D eigenvalue weighted by Crippen LogP contribution is 2.29. The third kappa shape index (κ3) is 13.3. The predicted molar refractivity (Wildman–Crippen MR) is 186 cm³/mol. The Morgan fingerprint density at radius 2 is 1.52 bits per heavy atom. The van der Waals surface area contributed by atoms with Crippen LogP contribution in [0.4, 0.5) is 0 Å². The molecule has 2 rings (SSSR count). The first-order chi connectivity index (χ1) is 23.5. The van der Waals surface area contributed by atoms with Gasteiger partial charge in [-0.15, -0.1) is 0 Å². The van der Waals surface area contributed by atoms with Crippen LogP contribution >= 0.6 is 0 Å². The maximum Gasteiger partial charge on any atom is 0.303 e. The van der Waals surface area contributed by atoms with Gasteiger partial charge in [-0.05, 0) is 68.5 Å². The highest BCUT2D eigenvalue weighted by Gasteiger charge is 2.51. The van der Waals surface area contributed by atoms with Crippen molar-refractivity contribution in [2.24, 2.45) is 0 Å². The normalized spacial score (nSPS) is 21.1. The Bertz CT molecular complexity index is 1530. The van der Waals surface area contributed by atoms with Crippen molar-refractivity contribution in [3.63, 3.8) is 0 Å². The molecular weight excluding hydrogens is 648 g/mol. The second-order valence-corrected chi connectivity index (χ2v) is 11.9. The van der Waals surface area contributed by atoms with Crippen molar-refractivity contribution in [2.45, 2.75) is 93.0 Å². The van der Waals surface area contributed by atoms with Crippen LogP contribution in [0.1, 0.15) is 63.8 Å². The lowest BCUT2D eigenvalue weighted by Crippen LogP contribution is -2.66. The van der Waals surface area contributed by atoms with E-state index in [-0.39, 0.29) is 25.7 Å². The van der Waals surface area contributed by atoms with E-state index in [1.165, 1.54) is 19.9 Å². The molecule has 0 bridgehead atoms. The first kappa shape index (κ1) is 41.4. The summed E-state index contributed by atoms with van der Waals surface area (Å²) >= 11 is 0. The summed E-state index contributed by atoms with van der Waals surface area (Å²) in [6.45, 7) is 14.4. The quantitative estimate of drug-likeness (QED) is 0.0898. The number of hydrogen-bond acceptors (Lipinski definition) is 11. The van der Waals surface area contributed by atoms with E-state index in [1.807, 2.05) is 44.2 Å². The van der Waals surface area contributed by atoms with Crippen LogP contribution in [0.15, 0.2) is 47.6 Å². The number of esters is 3. The SMILES string of the molecule is COc1cc(C)c(C=CC(C)=CC=CC(C)=CC(=O)NCCO[C@H]2O[C@H](COC(C)=O)[C@@H](OC(C)=O)[C@H](OC(C)=O)[C@@H]2NC(C)=O)c(C)c1C. The highest BCUT2D eigenvalue weighted by molar-refractivity contribution is 5.88. The van der Waals surface area contributed by atoms with Crippen LogP contribution in [-0.2, 0) is 47.7 Å². The maximum atomic E-state index is 12.6. The minimum absolute atomic E-state index is 0.0622. The average molecular weight is 699 g/mol. The summed E-state index contributed by atoms with van der Waals surface area (Å²) in [4.78, 5) is 60.1. The smallest absolute Gasteiger partial charge is 0.303 e. The van der Waals surface area contributed by atoms with Crippen LogP contribution in [0, 0.1) is 20.8 Å². The van der Waals surface area contributed by atoms with Gasteiger partial charge in [0.2, 0.25) is 11.8 Å². The van der Waals surface area contributed by atoms with Crippen molar-refractivity contribution >= 4 is 35.8 Å². The summed E-state index contributed by atoms with van der Waals surface area (Å²) in [6.07, 6.45) is 6.39. The Morgan fingerprint density at radius 3 is 2.12 bits per heavy atom. The number of benzene rings is 1. The second-order valence-electron chi connectivity index (χ2n) is 11.9. The number of ether oxygens (including phenoxy) is 6. The average Bonchev–Trinajstić information content (AvgIpc) is 3.01. The zero-order valence-corrected chi connectivity index (χ0v) is 30.5. The minimum atomic E-state index is -1.24. The van der Waals surface area contributed by atoms with E-state index in [9.17, 15) is 24.0 Å². The van der Waals surface area contributed by atoms with E-state index in [4.69, 9.17) is 28.4 Å². The number of carbonyl (C=O) groups excluding carboxylic acids is 5. The molecule has 13 nitrogen and oxygen atoms in total. The third-order valence-corrected chi connectivity index (χ3v) is 7.67. The van der Waals surface area contributed by atoms with Gasteiger partial charge in [0.1, 0.15) is 24.5 Å². The lowest BCUT2D eigenvalue weighted by molar-refractivity contribution is -0.277. The van der Waals surface area contributed by atoms with Crippen LogP contribution in [0.3, 0.4) is 0 Å². The molecule has 2 N–H and O–H groups in total. The Hall–Kier alpha value is -4.75. The number of carbonyl (C=O) groups is 5. The van der Waals surface area contributed by atoms with Gasteiger partial charge in [-0.25, -0.2) is 0 Å². The number of hydrogen-bond donors (Lipinski definition) is 2. The first-order valence-electron chi connectivity index (χ1n) is 16.2. The Kier molecular flexibility index (Phi) is 16.6. The largest absolute Gasteiger partial charge is 0.496 e. The molecule has 0 aliphatic carbocycles. The molecule has 1 aliphatic rings. The molecule has 0 radical (unpaired) electrons. The number of nitrogens with one attached hydrogen (secondary N) is 2. The predicted octanol–water partition coefficient (Wildman–Crippen LogP) is 3.87. The molecule has 1 aliphatic heterocycles. The van der Waals surface area contributed by atoms with E-state index in [0.29, 0.717) is 5.57 Å². The van der Waals surface area contributed by atoms with Crippen molar-refractivity contribution in [3.8, 4) is 5.75 Å². The van der Waals surface area contributed by atoms with Crippen molar-refractivity contribution in [2.75, 3.05) is 26.9 Å². The molecule has 0 saturated carbocycles. The minimum Gasteiger partial charge on any atom is -0.496 e. The van der Waals surface area contributed by atoms with Crippen molar-refractivity contribution < 1.29 is 52.4 Å². The number of methoxy groups -OCH3 is 1. The fourth-order valence-electron chi connectivity index (χ4n) is 5.24. The molecule has 1 heterocycles. The van der Waals surface area contributed by atoms with Gasteiger partial charge in [-0.2, -0.15) is 0 Å². The van der Waals surface area contributed by atoms with E-state index < -0.39 is 54.5 Å². The molecule has 13 heteroatoms. The zero-order chi connectivity index (χ0) is 37.5. The molecule has 50 heavy (non-hydrogen) atoms. The number of rotatable bonds is 15. The molecule has 274 valence electrons. The Balaban J connectivity index is 2.05. The topological polar surface area (TPSA) is 165 Å². The van der Waals surface area contributed by atoms with Gasteiger partial charge < -0.3 is 39.1 Å². The van der Waals surface area contributed by atoms with Crippen LogP contribution in [-0.4, -0.2) is 87.2 Å². The van der Waals surface area contributed by atoms with Crippen LogP contribution < -0.4 is 15.4 Å². The molecule has 0 spiro atoms. The molecule has 1 aromatic rings. The summed E-state index contributed by atoms with van der Waals surface area (Å²) in [7, 11) is 1.67. The van der Waals surface area contributed by atoms with Gasteiger partial charge in [0.15, 0.2) is 18.5 Å². The maximum absolute atomic E-state index is 12.6. The van der Waals surface area contributed by atoms with Gasteiger partial charge in [0.25, 0.3) is 0 Å². The summed E-state index contributed by atoms with van der Waals surface area (Å²) < 4.78 is 33.2. The fourth-order valence-corrected chi connectivity index (χ4v) is 5.24. The van der Waals surface area contributed by atoms with Gasteiger partial charge in [0.05, 0.1) is 13.7 Å². The molecule has 1 aromatic carbocycles. The van der Waals surface area contributed by atoms with Crippen molar-refractivity contribution in [1.82, 2.24) is 10.6 Å². The fraction of sp³-hybridized carbons (Fsp3) is 0.486. The van der Waals surface area contributed by atoms with Crippen LogP contribution in [0.25, 0.3) is 6.08 Å².